The van der Waals surface area contributed by atoms with Crippen LogP contribution in [-0.2, 0) is 32.3 Å². The van der Waals surface area contributed by atoms with E-state index in [1.54, 1.807) is 25.1 Å². The minimum Gasteiger partial charge on any atom is -0.466 e. The molecule has 3 rings (SSSR count). The van der Waals surface area contributed by atoms with Crippen molar-refractivity contribution >= 4 is 21.7 Å². The Kier molecular flexibility index (Phi) is 11.2. The van der Waals surface area contributed by atoms with Crippen LogP contribution in [-0.4, -0.2) is 55.2 Å². The minimum atomic E-state index is -3.02. The molecule has 198 valence electrons. The predicted octanol–water partition coefficient (Wildman–Crippen LogP) is 2.48. The van der Waals surface area contributed by atoms with Crippen LogP contribution in [0.15, 0.2) is 65.5 Å². The molecule has 0 saturated heterocycles. The third-order valence-electron chi connectivity index (χ3n) is 5.05. The van der Waals surface area contributed by atoms with Crippen LogP contribution in [0.5, 0.6) is 0 Å². The van der Waals surface area contributed by atoms with Gasteiger partial charge in [0.05, 0.1) is 31.0 Å². The van der Waals surface area contributed by atoms with Gasteiger partial charge in [0, 0.05) is 24.4 Å². The van der Waals surface area contributed by atoms with Gasteiger partial charge in [-0.05, 0) is 50.1 Å². The van der Waals surface area contributed by atoms with Crippen LogP contribution in [0.1, 0.15) is 39.7 Å². The average molecular weight is 528 g/mol. The van der Waals surface area contributed by atoms with Gasteiger partial charge in [0.25, 0.3) is 11.5 Å². The normalized spacial score (nSPS) is 10.7. The molecular weight excluding hydrogens is 494 g/mol. The SMILES string of the molecule is CCOC(=O)Cc1cccc(Cn2nc(C)ccc2=O)c1.Cc1ccc(C(=O)NCCS(C)(=O)=O)cc1. The highest BCUT2D eigenvalue weighted by Gasteiger charge is 2.07. The molecule has 1 aromatic heterocycles. The Bertz CT molecular complexity index is 1370. The van der Waals surface area contributed by atoms with Gasteiger partial charge in [0.2, 0.25) is 0 Å². The first-order valence-corrected chi connectivity index (χ1v) is 13.8. The monoisotopic (exact) mass is 527 g/mol. The number of benzene rings is 2. The molecular formula is C27H33N3O6S. The molecule has 37 heavy (non-hydrogen) atoms. The van der Waals surface area contributed by atoms with E-state index in [0.717, 1.165) is 28.6 Å². The van der Waals surface area contributed by atoms with E-state index in [9.17, 15) is 22.8 Å². The number of hydrogen-bond donors (Lipinski definition) is 1. The summed E-state index contributed by atoms with van der Waals surface area (Å²) in [5, 5.41) is 6.76. The zero-order valence-electron chi connectivity index (χ0n) is 21.6. The fraction of sp³-hybridized carbons (Fsp3) is 0.333. The Morgan fingerprint density at radius 2 is 1.68 bits per heavy atom. The predicted molar refractivity (Wildman–Crippen MR) is 142 cm³/mol. The maximum absolute atomic E-state index is 11.7. The number of nitrogens with one attached hydrogen (secondary N) is 1. The molecule has 0 radical (unpaired) electrons. The quantitative estimate of drug-likeness (QED) is 0.424. The molecule has 0 saturated carbocycles. The third-order valence-corrected chi connectivity index (χ3v) is 6.00. The van der Waals surface area contributed by atoms with Gasteiger partial charge in [0.1, 0.15) is 9.84 Å². The fourth-order valence-electron chi connectivity index (χ4n) is 3.21. The fourth-order valence-corrected chi connectivity index (χ4v) is 3.68. The summed E-state index contributed by atoms with van der Waals surface area (Å²) < 4.78 is 28.0. The summed E-state index contributed by atoms with van der Waals surface area (Å²) in [7, 11) is -3.02. The molecule has 0 aliphatic heterocycles. The number of rotatable bonds is 9. The molecule has 2 aromatic carbocycles. The van der Waals surface area contributed by atoms with Crippen molar-refractivity contribution < 1.29 is 22.7 Å². The minimum absolute atomic E-state index is 0.0371. The smallest absolute Gasteiger partial charge is 0.310 e. The van der Waals surface area contributed by atoms with E-state index < -0.39 is 9.84 Å². The highest BCUT2D eigenvalue weighted by atomic mass is 32.2. The first-order valence-electron chi connectivity index (χ1n) is 11.8. The Hall–Kier alpha value is -3.79. The van der Waals surface area contributed by atoms with E-state index in [0.29, 0.717) is 18.7 Å². The first kappa shape index (κ1) is 29.4. The molecule has 0 unspecified atom stereocenters. The first-order chi connectivity index (χ1) is 17.5. The molecule has 1 N–H and O–H groups in total. The second-order valence-corrected chi connectivity index (χ2v) is 10.8. The van der Waals surface area contributed by atoms with Crippen molar-refractivity contribution in [3.63, 3.8) is 0 Å². The van der Waals surface area contributed by atoms with Crippen molar-refractivity contribution in [3.05, 3.63) is 99.0 Å². The largest absolute Gasteiger partial charge is 0.466 e. The van der Waals surface area contributed by atoms with Gasteiger partial charge in [-0.3, -0.25) is 14.4 Å². The molecule has 0 fully saturated rings. The topological polar surface area (TPSA) is 124 Å². The number of carbonyl (C=O) groups excluding carboxylic acids is 2. The molecule has 0 atom stereocenters. The van der Waals surface area contributed by atoms with E-state index in [1.807, 2.05) is 50.2 Å². The van der Waals surface area contributed by atoms with Crippen molar-refractivity contribution in [2.24, 2.45) is 0 Å². The molecule has 10 heteroatoms. The van der Waals surface area contributed by atoms with Crippen LogP contribution in [0.2, 0.25) is 0 Å². The Morgan fingerprint density at radius 3 is 2.32 bits per heavy atom. The van der Waals surface area contributed by atoms with Crippen molar-refractivity contribution in [1.82, 2.24) is 15.1 Å². The van der Waals surface area contributed by atoms with Crippen molar-refractivity contribution in [2.75, 3.05) is 25.2 Å². The summed E-state index contributed by atoms with van der Waals surface area (Å²) in [5.74, 6) is -0.533. The van der Waals surface area contributed by atoms with Crippen LogP contribution < -0.4 is 10.9 Å². The molecule has 0 bridgehead atoms. The maximum Gasteiger partial charge on any atom is 0.310 e. The number of ether oxygens (including phenoxy) is 1. The van der Waals surface area contributed by atoms with Gasteiger partial charge >= 0.3 is 5.97 Å². The van der Waals surface area contributed by atoms with Crippen LogP contribution in [0.3, 0.4) is 0 Å². The van der Waals surface area contributed by atoms with Crippen LogP contribution in [0.4, 0.5) is 0 Å². The van der Waals surface area contributed by atoms with Gasteiger partial charge in [-0.25, -0.2) is 13.1 Å². The van der Waals surface area contributed by atoms with Crippen LogP contribution in [0, 0.1) is 13.8 Å². The molecule has 1 amide bonds. The van der Waals surface area contributed by atoms with E-state index in [2.05, 4.69) is 10.4 Å². The zero-order chi connectivity index (χ0) is 27.4. The molecule has 3 aromatic rings. The van der Waals surface area contributed by atoms with Crippen molar-refractivity contribution in [3.8, 4) is 0 Å². The third kappa shape index (κ3) is 11.2. The van der Waals surface area contributed by atoms with Gasteiger partial charge in [-0.15, -0.1) is 0 Å². The Morgan fingerprint density at radius 1 is 1.00 bits per heavy atom. The highest BCUT2D eigenvalue weighted by molar-refractivity contribution is 7.90. The van der Waals surface area contributed by atoms with Crippen LogP contribution >= 0.6 is 0 Å². The lowest BCUT2D eigenvalue weighted by atomic mass is 10.1. The molecule has 9 nitrogen and oxygen atoms in total. The number of esters is 1. The molecule has 0 aliphatic carbocycles. The second-order valence-electron chi connectivity index (χ2n) is 8.52. The number of nitrogens with zero attached hydrogens (tertiary/aromatic N) is 2. The number of amides is 1. The summed E-state index contributed by atoms with van der Waals surface area (Å²) in [6.07, 6.45) is 1.38. The average Bonchev–Trinajstić information content (AvgIpc) is 2.82. The van der Waals surface area contributed by atoms with Gasteiger partial charge in [-0.2, -0.15) is 5.10 Å². The highest BCUT2D eigenvalue weighted by Crippen LogP contribution is 2.08. The second kappa shape index (κ2) is 14.1. The lowest BCUT2D eigenvalue weighted by Crippen LogP contribution is -2.28. The maximum atomic E-state index is 11.7. The summed E-state index contributed by atoms with van der Waals surface area (Å²) >= 11 is 0. The van der Waals surface area contributed by atoms with Crippen LogP contribution in [0.25, 0.3) is 0 Å². The van der Waals surface area contributed by atoms with E-state index in [1.165, 1.54) is 10.7 Å². The molecule has 0 spiro atoms. The number of sulfone groups is 1. The van der Waals surface area contributed by atoms with Gasteiger partial charge in [-0.1, -0.05) is 42.0 Å². The number of hydrogen-bond acceptors (Lipinski definition) is 7. The van der Waals surface area contributed by atoms with Crippen molar-refractivity contribution in [2.45, 2.75) is 33.7 Å². The summed E-state index contributed by atoms with van der Waals surface area (Å²) in [4.78, 5) is 34.8. The summed E-state index contributed by atoms with van der Waals surface area (Å²) in [6.45, 7) is 6.46. The number of aromatic nitrogens is 2. The van der Waals surface area contributed by atoms with E-state index >= 15 is 0 Å². The Balaban J connectivity index is 0.000000271. The number of aryl methyl sites for hydroxylation is 2. The molecule has 1 heterocycles. The van der Waals surface area contributed by atoms with Gasteiger partial charge in [0.15, 0.2) is 0 Å². The van der Waals surface area contributed by atoms with Gasteiger partial charge < -0.3 is 10.1 Å². The Labute approximate surface area is 217 Å². The standard InChI is InChI=1S/C16H18N2O3.C11H15NO3S/c1-3-21-16(20)10-13-5-4-6-14(9-13)11-18-15(19)8-7-12(2)17-18;1-9-3-5-10(6-4-9)11(13)12-7-8-16(2,14)15/h4-9H,3,10-11H2,1-2H3;3-6H,7-8H2,1-2H3,(H,12,13). The van der Waals surface area contributed by atoms with E-state index in [-0.39, 0.29) is 36.2 Å². The lowest BCUT2D eigenvalue weighted by Gasteiger charge is -2.07. The zero-order valence-corrected chi connectivity index (χ0v) is 22.4. The van der Waals surface area contributed by atoms with E-state index in [4.69, 9.17) is 4.74 Å². The van der Waals surface area contributed by atoms with Crippen molar-refractivity contribution in [1.29, 1.82) is 0 Å². The summed E-state index contributed by atoms with van der Waals surface area (Å²) in [5.41, 5.74) is 4.06. The lowest BCUT2D eigenvalue weighted by molar-refractivity contribution is -0.142. The summed E-state index contributed by atoms with van der Waals surface area (Å²) in [6, 6.07) is 17.8. The number of carbonyl (C=O) groups is 2. The molecule has 0 aliphatic rings.